The van der Waals surface area contributed by atoms with Gasteiger partial charge in [-0.3, -0.25) is 9.59 Å². The third-order valence-electron chi connectivity index (χ3n) is 3.16. The average Bonchev–Trinajstić information content (AvgIpc) is 2.54. The quantitative estimate of drug-likeness (QED) is 0.631. The zero-order valence-electron chi connectivity index (χ0n) is 12.7. The number of carbonyl (C=O) groups is 2. The van der Waals surface area contributed by atoms with Crippen LogP contribution in [0.1, 0.15) is 29.3 Å². The van der Waals surface area contributed by atoms with E-state index < -0.39 is 0 Å². The van der Waals surface area contributed by atoms with E-state index in [9.17, 15) is 9.59 Å². The van der Waals surface area contributed by atoms with Crippen molar-refractivity contribution in [3.05, 3.63) is 64.4 Å². The van der Waals surface area contributed by atoms with Crippen molar-refractivity contribution in [2.75, 3.05) is 0 Å². The van der Waals surface area contributed by atoms with Gasteiger partial charge in [-0.15, -0.1) is 0 Å². The fourth-order valence-electron chi connectivity index (χ4n) is 2.00. The van der Waals surface area contributed by atoms with E-state index in [1.807, 2.05) is 30.3 Å². The molecule has 1 aromatic carbocycles. The molecule has 0 aliphatic carbocycles. The zero-order valence-corrected chi connectivity index (χ0v) is 13.6. The standard InChI is InChI=1S/C17H18N2O3S/c1-12(19-16(21)14-8-5-9-18-17(14)23)10-15(20)22-11-13-6-3-2-4-7-13/h2-9,12H,10-11H2,1H3,(H,18,23)(H,19,21)/t12-/m1/s1. The molecule has 0 saturated heterocycles. The van der Waals surface area contributed by atoms with E-state index in [0.29, 0.717) is 10.2 Å². The molecule has 0 unspecified atom stereocenters. The summed E-state index contributed by atoms with van der Waals surface area (Å²) in [5, 5.41) is 2.74. The van der Waals surface area contributed by atoms with Gasteiger partial charge in [0, 0.05) is 12.2 Å². The first-order chi connectivity index (χ1) is 11.1. The molecular formula is C17H18N2O3S. The number of H-pyrrole nitrogens is 1. The summed E-state index contributed by atoms with van der Waals surface area (Å²) < 4.78 is 5.56. The van der Waals surface area contributed by atoms with Gasteiger partial charge in [0.25, 0.3) is 5.91 Å². The molecule has 2 rings (SSSR count). The molecule has 120 valence electrons. The summed E-state index contributed by atoms with van der Waals surface area (Å²) in [5.74, 6) is -0.671. The number of amides is 1. The molecule has 1 heterocycles. The Morgan fingerprint density at radius 2 is 1.96 bits per heavy atom. The third-order valence-corrected chi connectivity index (χ3v) is 3.49. The smallest absolute Gasteiger partial charge is 0.308 e. The molecule has 2 N–H and O–H groups in total. The van der Waals surface area contributed by atoms with Crippen LogP contribution in [0.3, 0.4) is 0 Å². The predicted octanol–water partition coefficient (Wildman–Crippen LogP) is 3.00. The van der Waals surface area contributed by atoms with Crippen LogP contribution in [0.2, 0.25) is 0 Å². The van der Waals surface area contributed by atoms with Gasteiger partial charge in [-0.05, 0) is 24.6 Å². The molecule has 1 amide bonds. The van der Waals surface area contributed by atoms with Crippen LogP contribution in [0.5, 0.6) is 0 Å². The van der Waals surface area contributed by atoms with Crippen molar-refractivity contribution in [3.63, 3.8) is 0 Å². The molecule has 1 aromatic heterocycles. The van der Waals surface area contributed by atoms with E-state index in [0.717, 1.165) is 5.56 Å². The summed E-state index contributed by atoms with van der Waals surface area (Å²) in [6.45, 7) is 1.97. The van der Waals surface area contributed by atoms with Crippen LogP contribution in [0, 0.1) is 4.64 Å². The molecule has 0 aliphatic rings. The number of rotatable bonds is 6. The summed E-state index contributed by atoms with van der Waals surface area (Å²) >= 11 is 5.06. The second-order valence-electron chi connectivity index (χ2n) is 5.14. The van der Waals surface area contributed by atoms with Crippen molar-refractivity contribution >= 4 is 24.1 Å². The first-order valence-electron chi connectivity index (χ1n) is 7.24. The highest BCUT2D eigenvalue weighted by Gasteiger charge is 2.15. The molecule has 0 bridgehead atoms. The topological polar surface area (TPSA) is 71.2 Å². The minimum Gasteiger partial charge on any atom is -0.461 e. The van der Waals surface area contributed by atoms with E-state index in [-0.39, 0.29) is 30.9 Å². The average molecular weight is 330 g/mol. The largest absolute Gasteiger partial charge is 0.461 e. The number of pyridine rings is 1. The third kappa shape index (κ3) is 5.34. The van der Waals surface area contributed by atoms with Crippen molar-refractivity contribution in [2.24, 2.45) is 0 Å². The van der Waals surface area contributed by atoms with E-state index in [1.165, 1.54) is 0 Å². The van der Waals surface area contributed by atoms with E-state index in [4.69, 9.17) is 17.0 Å². The number of hydrogen-bond acceptors (Lipinski definition) is 4. The Labute approximate surface area is 139 Å². The number of benzene rings is 1. The van der Waals surface area contributed by atoms with Crippen LogP contribution in [-0.2, 0) is 16.1 Å². The molecule has 2 aromatic rings. The Morgan fingerprint density at radius 3 is 2.65 bits per heavy atom. The van der Waals surface area contributed by atoms with E-state index in [2.05, 4.69) is 10.3 Å². The van der Waals surface area contributed by atoms with Crippen LogP contribution >= 0.6 is 12.2 Å². The minimum atomic E-state index is -0.361. The zero-order chi connectivity index (χ0) is 16.7. The second kappa shape index (κ2) is 8.24. The SMILES string of the molecule is C[C@H](CC(=O)OCc1ccccc1)NC(=O)c1ccc[nH]c1=S. The fraction of sp³-hybridized carbons (Fsp3) is 0.235. The Balaban J connectivity index is 1.81. The summed E-state index contributed by atoms with van der Waals surface area (Å²) in [5.41, 5.74) is 1.31. The Kier molecular flexibility index (Phi) is 6.05. The van der Waals surface area contributed by atoms with Crippen LogP contribution in [0.4, 0.5) is 0 Å². The van der Waals surface area contributed by atoms with Crippen molar-refractivity contribution in [1.29, 1.82) is 0 Å². The summed E-state index contributed by atoms with van der Waals surface area (Å²) in [4.78, 5) is 26.7. The summed E-state index contributed by atoms with van der Waals surface area (Å²) in [7, 11) is 0. The van der Waals surface area contributed by atoms with Crippen molar-refractivity contribution < 1.29 is 14.3 Å². The molecule has 23 heavy (non-hydrogen) atoms. The second-order valence-corrected chi connectivity index (χ2v) is 5.55. The van der Waals surface area contributed by atoms with Gasteiger partial charge in [-0.25, -0.2) is 0 Å². The lowest BCUT2D eigenvalue weighted by Crippen LogP contribution is -2.34. The maximum Gasteiger partial charge on any atom is 0.308 e. The van der Waals surface area contributed by atoms with Gasteiger partial charge in [0.15, 0.2) is 0 Å². The number of aromatic amines is 1. The molecule has 0 spiro atoms. The number of carbonyl (C=O) groups excluding carboxylic acids is 2. The molecule has 6 heteroatoms. The van der Waals surface area contributed by atoms with Crippen LogP contribution in [0.25, 0.3) is 0 Å². The molecule has 0 saturated carbocycles. The normalized spacial score (nSPS) is 11.5. The van der Waals surface area contributed by atoms with Gasteiger partial charge >= 0.3 is 5.97 Å². The lowest BCUT2D eigenvalue weighted by Gasteiger charge is -2.13. The highest BCUT2D eigenvalue weighted by atomic mass is 32.1. The Bertz CT molecular complexity index is 728. The highest BCUT2D eigenvalue weighted by Crippen LogP contribution is 2.04. The van der Waals surface area contributed by atoms with Crippen molar-refractivity contribution in [2.45, 2.75) is 26.0 Å². The number of aromatic nitrogens is 1. The Hall–Kier alpha value is -2.47. The molecule has 5 nitrogen and oxygen atoms in total. The number of esters is 1. The molecule has 0 fully saturated rings. The molecular weight excluding hydrogens is 312 g/mol. The number of ether oxygens (including phenoxy) is 1. The van der Waals surface area contributed by atoms with Gasteiger partial charge in [-0.1, -0.05) is 42.5 Å². The fourth-order valence-corrected chi connectivity index (χ4v) is 2.23. The number of nitrogens with one attached hydrogen (secondary N) is 2. The van der Waals surface area contributed by atoms with Gasteiger partial charge in [0.2, 0.25) is 0 Å². The number of hydrogen-bond donors (Lipinski definition) is 2. The monoisotopic (exact) mass is 330 g/mol. The Morgan fingerprint density at radius 1 is 1.22 bits per heavy atom. The van der Waals surface area contributed by atoms with Crippen molar-refractivity contribution in [3.8, 4) is 0 Å². The van der Waals surface area contributed by atoms with Crippen LogP contribution in [0.15, 0.2) is 48.7 Å². The summed E-state index contributed by atoms with van der Waals surface area (Å²) in [6.07, 6.45) is 1.76. The molecule has 1 atom stereocenters. The lowest BCUT2D eigenvalue weighted by atomic mass is 10.2. The maximum absolute atomic E-state index is 12.1. The molecule has 0 radical (unpaired) electrons. The maximum atomic E-state index is 12.1. The highest BCUT2D eigenvalue weighted by molar-refractivity contribution is 7.71. The van der Waals surface area contributed by atoms with Gasteiger partial charge in [0.05, 0.1) is 12.0 Å². The molecule has 0 aliphatic heterocycles. The van der Waals surface area contributed by atoms with E-state index >= 15 is 0 Å². The first kappa shape index (κ1) is 16.9. The lowest BCUT2D eigenvalue weighted by molar-refractivity contribution is -0.145. The predicted molar refractivity (Wildman–Crippen MR) is 89.4 cm³/mol. The van der Waals surface area contributed by atoms with Crippen LogP contribution < -0.4 is 5.32 Å². The van der Waals surface area contributed by atoms with Crippen LogP contribution in [-0.4, -0.2) is 22.9 Å². The van der Waals surface area contributed by atoms with Gasteiger partial charge in [-0.2, -0.15) is 0 Å². The minimum absolute atomic E-state index is 0.0991. The van der Waals surface area contributed by atoms with Gasteiger partial charge in [0.1, 0.15) is 11.2 Å². The van der Waals surface area contributed by atoms with E-state index in [1.54, 1.807) is 25.3 Å². The van der Waals surface area contributed by atoms with Crippen molar-refractivity contribution in [1.82, 2.24) is 10.3 Å². The first-order valence-corrected chi connectivity index (χ1v) is 7.65. The van der Waals surface area contributed by atoms with Gasteiger partial charge < -0.3 is 15.0 Å². The summed E-state index contributed by atoms with van der Waals surface area (Å²) in [6, 6.07) is 12.4.